The first-order valence-corrected chi connectivity index (χ1v) is 6.39. The van der Waals surface area contributed by atoms with Crippen LogP contribution in [0, 0.1) is 0 Å². The number of amides is 1. The third-order valence-electron chi connectivity index (χ3n) is 2.13. The number of carbonyl (C=O) groups is 1. The van der Waals surface area contributed by atoms with Gasteiger partial charge in [-0.1, -0.05) is 12.1 Å². The van der Waals surface area contributed by atoms with Crippen LogP contribution in [0.4, 0.5) is 10.8 Å². The van der Waals surface area contributed by atoms with Crippen LogP contribution in [-0.4, -0.2) is 16.1 Å². The molecular weight excluding hydrogens is 266 g/mol. The van der Waals surface area contributed by atoms with Crippen LogP contribution in [0.3, 0.4) is 0 Å². The third kappa shape index (κ3) is 3.07. The molecule has 2 rings (SSSR count). The maximum Gasteiger partial charge on any atom is 0.221 e. The fourth-order valence-corrected chi connectivity index (χ4v) is 2.21. The van der Waals surface area contributed by atoms with Crippen molar-refractivity contribution in [1.29, 1.82) is 0 Å². The van der Waals surface area contributed by atoms with Crippen molar-refractivity contribution < 1.29 is 4.79 Å². The van der Waals surface area contributed by atoms with Gasteiger partial charge >= 0.3 is 0 Å². The molecular formula is C12H9N3OS2. The second-order valence-corrected chi connectivity index (χ2v) is 4.50. The predicted molar refractivity (Wildman–Crippen MR) is 76.5 cm³/mol. The second kappa shape index (κ2) is 5.64. The number of hydrogen-bond acceptors (Lipinski definition) is 5. The number of aromatic nitrogens is 1. The van der Waals surface area contributed by atoms with Gasteiger partial charge in [0.25, 0.3) is 0 Å². The molecule has 0 saturated heterocycles. The molecule has 0 bridgehead atoms. The zero-order chi connectivity index (χ0) is 13.0. The molecule has 18 heavy (non-hydrogen) atoms. The van der Waals surface area contributed by atoms with E-state index in [1.54, 1.807) is 0 Å². The highest BCUT2D eigenvalue weighted by molar-refractivity contribution is 7.78. The molecule has 0 atom stereocenters. The Morgan fingerprint density at radius 2 is 2.17 bits per heavy atom. The SMILES string of the molecule is CC(=O)Nc1ccc(-c2csc(N=C=S)n2)cc1. The lowest BCUT2D eigenvalue weighted by atomic mass is 10.1. The molecule has 0 unspecified atom stereocenters. The van der Waals surface area contributed by atoms with Crippen molar-refractivity contribution in [3.05, 3.63) is 29.6 Å². The van der Waals surface area contributed by atoms with Gasteiger partial charge in [-0.2, -0.15) is 4.99 Å². The standard InChI is InChI=1S/C12H9N3OS2/c1-8(16)14-10-4-2-9(3-5-10)11-6-18-12(15-11)13-7-17/h2-6H,1H3,(H,14,16). The van der Waals surface area contributed by atoms with Crippen LogP contribution in [0.5, 0.6) is 0 Å². The number of carbonyl (C=O) groups excluding carboxylic acids is 1. The summed E-state index contributed by atoms with van der Waals surface area (Å²) in [6.45, 7) is 1.48. The molecule has 1 amide bonds. The molecule has 0 saturated carbocycles. The Kier molecular flexibility index (Phi) is 3.94. The van der Waals surface area contributed by atoms with E-state index in [2.05, 4.69) is 32.7 Å². The van der Waals surface area contributed by atoms with E-state index in [1.165, 1.54) is 18.3 Å². The number of nitrogens with zero attached hydrogens (tertiary/aromatic N) is 2. The first-order valence-electron chi connectivity index (χ1n) is 5.10. The van der Waals surface area contributed by atoms with E-state index in [1.807, 2.05) is 29.6 Å². The molecule has 2 aromatic rings. The second-order valence-electron chi connectivity index (χ2n) is 3.48. The summed E-state index contributed by atoms with van der Waals surface area (Å²) in [5, 5.41) is 7.49. The minimum absolute atomic E-state index is 0.0889. The smallest absolute Gasteiger partial charge is 0.221 e. The zero-order valence-corrected chi connectivity index (χ0v) is 11.1. The van der Waals surface area contributed by atoms with Gasteiger partial charge in [-0.3, -0.25) is 4.79 Å². The summed E-state index contributed by atoms with van der Waals surface area (Å²) >= 11 is 5.93. The van der Waals surface area contributed by atoms with Crippen molar-refractivity contribution in [3.8, 4) is 11.3 Å². The van der Waals surface area contributed by atoms with E-state index < -0.39 is 0 Å². The van der Waals surface area contributed by atoms with Gasteiger partial charge in [0.15, 0.2) is 0 Å². The minimum Gasteiger partial charge on any atom is -0.326 e. The molecule has 1 heterocycles. The van der Waals surface area contributed by atoms with Crippen molar-refractivity contribution in [2.75, 3.05) is 5.32 Å². The van der Waals surface area contributed by atoms with Crippen molar-refractivity contribution in [1.82, 2.24) is 4.98 Å². The van der Waals surface area contributed by atoms with Crippen LogP contribution < -0.4 is 5.32 Å². The Morgan fingerprint density at radius 3 is 2.78 bits per heavy atom. The number of nitrogens with one attached hydrogen (secondary N) is 1. The van der Waals surface area contributed by atoms with Crippen LogP contribution in [0.25, 0.3) is 11.3 Å². The third-order valence-corrected chi connectivity index (χ3v) is 2.96. The summed E-state index contributed by atoms with van der Waals surface area (Å²) in [6, 6.07) is 7.45. The summed E-state index contributed by atoms with van der Waals surface area (Å²) in [5.74, 6) is -0.0889. The summed E-state index contributed by atoms with van der Waals surface area (Å²) in [6.07, 6.45) is 0. The fraction of sp³-hybridized carbons (Fsp3) is 0.0833. The Hall–Kier alpha value is -1.88. The first-order chi connectivity index (χ1) is 8.69. The van der Waals surface area contributed by atoms with Crippen LogP contribution >= 0.6 is 23.6 Å². The molecule has 0 fully saturated rings. The van der Waals surface area contributed by atoms with E-state index in [-0.39, 0.29) is 5.91 Å². The molecule has 0 aliphatic heterocycles. The van der Waals surface area contributed by atoms with Gasteiger partial charge in [-0.15, -0.1) is 11.3 Å². The molecule has 90 valence electrons. The zero-order valence-electron chi connectivity index (χ0n) is 9.51. The number of aliphatic imine (C=N–C) groups is 1. The van der Waals surface area contributed by atoms with Gasteiger partial charge in [-0.05, 0) is 24.4 Å². The number of benzene rings is 1. The van der Waals surface area contributed by atoms with Crippen LogP contribution in [0.15, 0.2) is 34.6 Å². The van der Waals surface area contributed by atoms with E-state index in [0.29, 0.717) is 5.13 Å². The van der Waals surface area contributed by atoms with Gasteiger partial charge in [-0.25, -0.2) is 4.98 Å². The lowest BCUT2D eigenvalue weighted by molar-refractivity contribution is -0.114. The fourth-order valence-electron chi connectivity index (χ4n) is 1.41. The minimum atomic E-state index is -0.0889. The van der Waals surface area contributed by atoms with Crippen LogP contribution in [-0.2, 0) is 4.79 Å². The Bertz CT molecular complexity index is 613. The van der Waals surface area contributed by atoms with E-state index >= 15 is 0 Å². The van der Waals surface area contributed by atoms with Gasteiger partial charge in [0.2, 0.25) is 11.0 Å². The Labute approximate surface area is 113 Å². The Morgan fingerprint density at radius 1 is 1.44 bits per heavy atom. The van der Waals surface area contributed by atoms with E-state index in [0.717, 1.165) is 16.9 Å². The topological polar surface area (TPSA) is 54.4 Å². The molecule has 1 aromatic carbocycles. The molecule has 4 nitrogen and oxygen atoms in total. The summed E-state index contributed by atoms with van der Waals surface area (Å²) in [7, 11) is 0. The quantitative estimate of drug-likeness (QED) is 0.689. The normalized spacial score (nSPS) is 9.61. The summed E-state index contributed by atoms with van der Waals surface area (Å²) in [5.41, 5.74) is 2.56. The number of anilines is 1. The van der Waals surface area contributed by atoms with Crippen molar-refractivity contribution in [3.63, 3.8) is 0 Å². The number of hydrogen-bond donors (Lipinski definition) is 1. The molecule has 0 aliphatic carbocycles. The molecule has 1 aromatic heterocycles. The number of isothiocyanates is 1. The van der Waals surface area contributed by atoms with Crippen molar-refractivity contribution >= 4 is 45.4 Å². The van der Waals surface area contributed by atoms with Crippen LogP contribution in [0.1, 0.15) is 6.92 Å². The molecule has 6 heteroatoms. The number of rotatable bonds is 3. The lowest BCUT2D eigenvalue weighted by Crippen LogP contribution is -2.05. The predicted octanol–water partition coefficient (Wildman–Crippen LogP) is 3.50. The average Bonchev–Trinajstić information content (AvgIpc) is 2.78. The molecule has 1 N–H and O–H groups in total. The van der Waals surface area contributed by atoms with Gasteiger partial charge < -0.3 is 5.32 Å². The first kappa shape index (κ1) is 12.6. The monoisotopic (exact) mass is 275 g/mol. The van der Waals surface area contributed by atoms with Gasteiger partial charge in [0.1, 0.15) is 0 Å². The molecule has 0 spiro atoms. The van der Waals surface area contributed by atoms with Crippen molar-refractivity contribution in [2.24, 2.45) is 4.99 Å². The maximum atomic E-state index is 10.9. The summed E-state index contributed by atoms with van der Waals surface area (Å²) < 4.78 is 0. The molecule has 0 aliphatic rings. The van der Waals surface area contributed by atoms with E-state index in [9.17, 15) is 4.79 Å². The van der Waals surface area contributed by atoms with Crippen LogP contribution in [0.2, 0.25) is 0 Å². The summed E-state index contributed by atoms with van der Waals surface area (Å²) in [4.78, 5) is 19.0. The van der Waals surface area contributed by atoms with Gasteiger partial charge in [0, 0.05) is 23.6 Å². The number of thiocarbonyl (C=S) groups is 1. The Balaban J connectivity index is 2.22. The molecule has 0 radical (unpaired) electrons. The largest absolute Gasteiger partial charge is 0.326 e. The maximum absolute atomic E-state index is 10.9. The highest BCUT2D eigenvalue weighted by Crippen LogP contribution is 2.27. The number of thiazole rings is 1. The average molecular weight is 275 g/mol. The highest BCUT2D eigenvalue weighted by atomic mass is 32.1. The van der Waals surface area contributed by atoms with Gasteiger partial charge in [0.05, 0.1) is 10.9 Å². The highest BCUT2D eigenvalue weighted by Gasteiger charge is 2.04. The van der Waals surface area contributed by atoms with Crippen molar-refractivity contribution in [2.45, 2.75) is 6.92 Å². The lowest BCUT2D eigenvalue weighted by Gasteiger charge is -2.02. The van der Waals surface area contributed by atoms with E-state index in [4.69, 9.17) is 0 Å².